The van der Waals surface area contributed by atoms with Crippen LogP contribution in [0.25, 0.3) is 6.08 Å². The summed E-state index contributed by atoms with van der Waals surface area (Å²) in [5.74, 6) is -1.19. The maximum atomic E-state index is 14.2. The van der Waals surface area contributed by atoms with Gasteiger partial charge < -0.3 is 9.64 Å². The molecule has 0 saturated carbocycles. The average molecular weight is 564 g/mol. The summed E-state index contributed by atoms with van der Waals surface area (Å²) >= 11 is 6.83. The van der Waals surface area contributed by atoms with E-state index in [2.05, 4.69) is 23.7 Å². The lowest BCUT2D eigenvalue weighted by atomic mass is 9.95. The Balaban J connectivity index is 1.94. The first-order chi connectivity index (χ1) is 18.1. The van der Waals surface area contributed by atoms with Crippen LogP contribution < -0.4 is 19.8 Å². The standard InChI is InChI=1S/C27H25ClF3N3O3S/c1-4-33(5-2)19-13-7-16(8-14-19)15-20-24(35)34-22(17-9-11-18(28)12-10-17)21(25(36)37-6-3)23(27(29,30)31)32-26(34)38-20/h7-15,22H,4-6H2,1-3H3/b20-15-/t22-/m1/s1. The van der Waals surface area contributed by atoms with Crippen LogP contribution in [0.15, 0.2) is 69.6 Å². The predicted molar refractivity (Wildman–Crippen MR) is 142 cm³/mol. The van der Waals surface area contributed by atoms with Gasteiger partial charge in [0.15, 0.2) is 10.5 Å². The van der Waals surface area contributed by atoms with E-state index >= 15 is 0 Å². The normalized spacial score (nSPS) is 15.8. The molecule has 2 heterocycles. The third-order valence-electron chi connectivity index (χ3n) is 6.10. The van der Waals surface area contributed by atoms with Gasteiger partial charge in [0.2, 0.25) is 0 Å². The molecule has 0 unspecified atom stereocenters. The number of aromatic nitrogens is 1. The number of hydrogen-bond donors (Lipinski definition) is 0. The van der Waals surface area contributed by atoms with Crippen LogP contribution in [-0.2, 0) is 9.53 Å². The van der Waals surface area contributed by atoms with Crippen molar-refractivity contribution >= 4 is 40.7 Å². The first-order valence-corrected chi connectivity index (χ1v) is 13.2. The lowest BCUT2D eigenvalue weighted by Crippen LogP contribution is -2.41. The second kappa shape index (κ2) is 11.2. The van der Waals surface area contributed by atoms with Crippen molar-refractivity contribution in [1.82, 2.24) is 4.57 Å². The van der Waals surface area contributed by atoms with E-state index in [-0.39, 0.29) is 21.5 Å². The molecule has 200 valence electrons. The number of benzene rings is 2. The monoisotopic (exact) mass is 563 g/mol. The van der Waals surface area contributed by atoms with Gasteiger partial charge in [0, 0.05) is 23.8 Å². The fourth-order valence-electron chi connectivity index (χ4n) is 4.32. The Morgan fingerprint density at radius 3 is 2.29 bits per heavy atom. The number of esters is 1. The molecule has 0 fully saturated rings. The minimum Gasteiger partial charge on any atom is -0.463 e. The quantitative estimate of drug-likeness (QED) is 0.386. The number of carbonyl (C=O) groups is 1. The third-order valence-corrected chi connectivity index (χ3v) is 7.34. The highest BCUT2D eigenvalue weighted by Gasteiger charge is 2.45. The minimum atomic E-state index is -4.96. The highest BCUT2D eigenvalue weighted by atomic mass is 35.5. The third kappa shape index (κ3) is 5.42. The molecule has 0 N–H and O–H groups in total. The highest BCUT2D eigenvalue weighted by Crippen LogP contribution is 2.38. The van der Waals surface area contributed by atoms with Crippen LogP contribution in [0.3, 0.4) is 0 Å². The number of rotatable bonds is 7. The molecule has 1 aliphatic heterocycles. The molecule has 4 rings (SSSR count). The largest absolute Gasteiger partial charge is 0.463 e. The van der Waals surface area contributed by atoms with E-state index in [9.17, 15) is 22.8 Å². The van der Waals surface area contributed by atoms with Gasteiger partial charge in [-0.3, -0.25) is 9.36 Å². The Bertz CT molecular complexity index is 1540. The van der Waals surface area contributed by atoms with E-state index in [4.69, 9.17) is 16.3 Å². The SMILES string of the molecule is CCOC(=O)C1=C(C(F)(F)F)N=c2s/c(=C\c3ccc(N(CC)CC)cc3)c(=O)n2[C@@H]1c1ccc(Cl)cc1. The lowest BCUT2D eigenvalue weighted by Gasteiger charge is -2.26. The molecule has 0 spiro atoms. The number of nitrogens with zero attached hydrogens (tertiary/aromatic N) is 3. The first kappa shape index (κ1) is 27.7. The zero-order valence-corrected chi connectivity index (χ0v) is 22.5. The molecule has 38 heavy (non-hydrogen) atoms. The van der Waals surface area contributed by atoms with Crippen LogP contribution in [0, 0.1) is 0 Å². The van der Waals surface area contributed by atoms with Crippen molar-refractivity contribution in [2.24, 2.45) is 4.99 Å². The first-order valence-electron chi connectivity index (χ1n) is 12.0. The smallest absolute Gasteiger partial charge is 0.434 e. The molecule has 6 nitrogen and oxygen atoms in total. The molecule has 2 aromatic carbocycles. The van der Waals surface area contributed by atoms with Gasteiger partial charge in [-0.15, -0.1) is 0 Å². The number of allylic oxidation sites excluding steroid dienone is 1. The molecule has 0 aliphatic carbocycles. The van der Waals surface area contributed by atoms with Gasteiger partial charge in [0.1, 0.15) is 0 Å². The molecule has 1 atom stereocenters. The lowest BCUT2D eigenvalue weighted by molar-refractivity contribution is -0.140. The van der Waals surface area contributed by atoms with Gasteiger partial charge >= 0.3 is 12.1 Å². The maximum Gasteiger partial charge on any atom is 0.434 e. The molecule has 1 aliphatic rings. The number of alkyl halides is 3. The number of ether oxygens (including phenoxy) is 1. The zero-order chi connectivity index (χ0) is 27.6. The van der Waals surface area contributed by atoms with Crippen molar-refractivity contribution in [1.29, 1.82) is 0 Å². The van der Waals surface area contributed by atoms with Crippen LogP contribution >= 0.6 is 22.9 Å². The number of halogens is 4. The van der Waals surface area contributed by atoms with E-state index in [1.807, 2.05) is 24.3 Å². The van der Waals surface area contributed by atoms with Crippen molar-refractivity contribution in [3.63, 3.8) is 0 Å². The number of anilines is 1. The van der Waals surface area contributed by atoms with E-state index in [1.165, 1.54) is 31.2 Å². The van der Waals surface area contributed by atoms with Gasteiger partial charge in [-0.25, -0.2) is 9.79 Å². The van der Waals surface area contributed by atoms with Crippen molar-refractivity contribution in [3.8, 4) is 0 Å². The van der Waals surface area contributed by atoms with Crippen molar-refractivity contribution < 1.29 is 22.7 Å². The molecular weight excluding hydrogens is 539 g/mol. The van der Waals surface area contributed by atoms with Gasteiger partial charge in [-0.1, -0.05) is 47.2 Å². The molecule has 0 amide bonds. The fraction of sp³-hybridized carbons (Fsp3) is 0.296. The molecule has 3 aromatic rings. The zero-order valence-electron chi connectivity index (χ0n) is 20.9. The van der Waals surface area contributed by atoms with Gasteiger partial charge in [0.25, 0.3) is 5.56 Å². The summed E-state index contributed by atoms with van der Waals surface area (Å²) in [6.45, 7) is 7.12. The maximum absolute atomic E-state index is 14.2. The average Bonchev–Trinajstić information content (AvgIpc) is 3.19. The molecule has 0 bridgehead atoms. The number of fused-ring (bicyclic) bond motifs is 1. The van der Waals surface area contributed by atoms with Gasteiger partial charge in [-0.05, 0) is 62.2 Å². The Kier molecular flexibility index (Phi) is 8.13. The fourth-order valence-corrected chi connectivity index (χ4v) is 5.45. The summed E-state index contributed by atoms with van der Waals surface area (Å²) in [5.41, 5.74) is -0.702. The van der Waals surface area contributed by atoms with Crippen molar-refractivity contribution in [2.75, 3.05) is 24.6 Å². The Morgan fingerprint density at radius 2 is 1.74 bits per heavy atom. The summed E-state index contributed by atoms with van der Waals surface area (Å²) < 4.78 is 48.8. The topological polar surface area (TPSA) is 63.9 Å². The summed E-state index contributed by atoms with van der Waals surface area (Å²) in [4.78, 5) is 32.2. The number of carbonyl (C=O) groups excluding carboxylic acids is 1. The summed E-state index contributed by atoms with van der Waals surface area (Å²) in [5, 5.41) is 0.354. The van der Waals surface area contributed by atoms with Crippen LogP contribution in [-0.4, -0.2) is 36.4 Å². The summed E-state index contributed by atoms with van der Waals surface area (Å²) in [6, 6.07) is 12.1. The highest BCUT2D eigenvalue weighted by molar-refractivity contribution is 7.07. The molecule has 0 radical (unpaired) electrons. The Morgan fingerprint density at radius 1 is 1.11 bits per heavy atom. The minimum absolute atomic E-state index is 0.144. The van der Waals surface area contributed by atoms with Crippen LogP contribution in [0.2, 0.25) is 5.02 Å². The van der Waals surface area contributed by atoms with E-state index in [1.54, 1.807) is 6.08 Å². The van der Waals surface area contributed by atoms with Gasteiger partial charge in [-0.2, -0.15) is 13.2 Å². The molecular formula is C27H25ClF3N3O3S. The second-order valence-corrected chi connectivity index (χ2v) is 9.82. The molecule has 11 heteroatoms. The second-order valence-electron chi connectivity index (χ2n) is 8.38. The van der Waals surface area contributed by atoms with E-state index < -0.39 is 35.0 Å². The summed E-state index contributed by atoms with van der Waals surface area (Å²) in [6.07, 6.45) is -3.35. The molecule has 0 saturated heterocycles. The Labute approximate surface area is 226 Å². The van der Waals surface area contributed by atoms with Gasteiger partial charge in [0.05, 0.1) is 22.8 Å². The number of thiazole rings is 1. The predicted octanol–water partition coefficient (Wildman–Crippen LogP) is 4.84. The van der Waals surface area contributed by atoms with Crippen LogP contribution in [0.1, 0.15) is 37.9 Å². The Hall–Kier alpha value is -3.37. The summed E-state index contributed by atoms with van der Waals surface area (Å²) in [7, 11) is 0. The van der Waals surface area contributed by atoms with Crippen LogP contribution in [0.4, 0.5) is 18.9 Å². The van der Waals surface area contributed by atoms with Crippen molar-refractivity contribution in [3.05, 3.63) is 95.6 Å². The molecule has 1 aromatic heterocycles. The van der Waals surface area contributed by atoms with Crippen LogP contribution in [0.5, 0.6) is 0 Å². The number of hydrogen-bond acceptors (Lipinski definition) is 6. The van der Waals surface area contributed by atoms with E-state index in [0.717, 1.165) is 34.7 Å². The van der Waals surface area contributed by atoms with Crippen molar-refractivity contribution in [2.45, 2.75) is 33.0 Å². The van der Waals surface area contributed by atoms with E-state index in [0.29, 0.717) is 10.6 Å².